The van der Waals surface area contributed by atoms with Crippen LogP contribution in [0.15, 0.2) is 59.1 Å². The van der Waals surface area contributed by atoms with E-state index in [9.17, 15) is 9.90 Å². The molecule has 0 bridgehead atoms. The first-order chi connectivity index (χ1) is 10.1. The molecule has 2 aromatic carbocycles. The van der Waals surface area contributed by atoms with Crippen LogP contribution in [0.25, 0.3) is 22.6 Å². The molecule has 0 radical (unpaired) electrons. The van der Waals surface area contributed by atoms with E-state index >= 15 is 0 Å². The van der Waals surface area contributed by atoms with Crippen LogP contribution < -0.4 is 0 Å². The van der Waals surface area contributed by atoms with Gasteiger partial charge in [0.1, 0.15) is 5.69 Å². The third-order valence-corrected chi connectivity index (χ3v) is 3.33. The first-order valence-electron chi connectivity index (χ1n) is 6.20. The Balaban J connectivity index is 2.03. The molecule has 1 N–H and O–H groups in total. The fourth-order valence-electron chi connectivity index (χ4n) is 2.04. The molecule has 0 amide bonds. The highest BCUT2D eigenvalue weighted by molar-refractivity contribution is 6.30. The summed E-state index contributed by atoms with van der Waals surface area (Å²) in [6.07, 6.45) is 0. The van der Waals surface area contributed by atoms with E-state index in [0.717, 1.165) is 5.56 Å². The minimum absolute atomic E-state index is 0.177. The molecule has 0 aliphatic rings. The summed E-state index contributed by atoms with van der Waals surface area (Å²) >= 11 is 5.85. The zero-order valence-corrected chi connectivity index (χ0v) is 11.5. The highest BCUT2D eigenvalue weighted by atomic mass is 35.5. The molecule has 21 heavy (non-hydrogen) atoms. The number of carboxylic acid groups (broad SMARTS) is 1. The number of aromatic carboxylic acids is 1. The fourth-order valence-corrected chi connectivity index (χ4v) is 2.17. The number of halogens is 1. The lowest BCUT2D eigenvalue weighted by Gasteiger charge is -2.00. The average molecular weight is 300 g/mol. The van der Waals surface area contributed by atoms with Gasteiger partial charge in [0, 0.05) is 22.2 Å². The maximum absolute atomic E-state index is 11.2. The van der Waals surface area contributed by atoms with Gasteiger partial charge in [0.25, 0.3) is 0 Å². The monoisotopic (exact) mass is 299 g/mol. The summed E-state index contributed by atoms with van der Waals surface area (Å²) < 4.78 is 5.28. The van der Waals surface area contributed by atoms with Crippen LogP contribution in [-0.4, -0.2) is 16.2 Å². The van der Waals surface area contributed by atoms with Crippen molar-refractivity contribution >= 4 is 17.6 Å². The second-order valence-corrected chi connectivity index (χ2v) is 4.87. The van der Waals surface area contributed by atoms with Gasteiger partial charge in [0.2, 0.25) is 0 Å². The molecule has 0 atom stereocenters. The average Bonchev–Trinajstić information content (AvgIpc) is 2.97. The van der Waals surface area contributed by atoms with Crippen LogP contribution in [0.2, 0.25) is 5.02 Å². The van der Waals surface area contributed by atoms with Crippen LogP contribution in [0.5, 0.6) is 0 Å². The van der Waals surface area contributed by atoms with Gasteiger partial charge in [-0.3, -0.25) is 0 Å². The Labute approximate surface area is 125 Å². The van der Waals surface area contributed by atoms with Crippen molar-refractivity contribution < 1.29 is 14.4 Å². The van der Waals surface area contributed by atoms with Crippen LogP contribution in [0, 0.1) is 0 Å². The number of hydrogen-bond acceptors (Lipinski definition) is 3. The largest absolute Gasteiger partial charge is 0.478 e. The van der Waals surface area contributed by atoms with Gasteiger partial charge in [0.05, 0.1) is 5.56 Å². The van der Waals surface area contributed by atoms with E-state index < -0.39 is 5.97 Å². The normalized spacial score (nSPS) is 10.5. The minimum atomic E-state index is -1.00. The maximum Gasteiger partial charge on any atom is 0.336 e. The molecule has 3 aromatic rings. The standard InChI is InChI=1S/C16H10ClNO3/c17-11-7-5-10(6-8-11)14-9-15(21-18-14)12-3-1-2-4-13(12)16(19)20/h1-9H,(H,19,20). The van der Waals surface area contributed by atoms with E-state index in [2.05, 4.69) is 5.16 Å². The maximum atomic E-state index is 11.2. The van der Waals surface area contributed by atoms with Crippen LogP contribution >= 0.6 is 11.6 Å². The first kappa shape index (κ1) is 13.4. The molecule has 1 aromatic heterocycles. The van der Waals surface area contributed by atoms with Gasteiger partial charge in [-0.05, 0) is 18.2 Å². The summed E-state index contributed by atoms with van der Waals surface area (Å²) in [6.45, 7) is 0. The summed E-state index contributed by atoms with van der Waals surface area (Å²) in [5, 5.41) is 13.8. The molecule has 0 aliphatic heterocycles. The van der Waals surface area contributed by atoms with Gasteiger partial charge in [0.15, 0.2) is 5.76 Å². The molecule has 0 unspecified atom stereocenters. The summed E-state index contributed by atoms with van der Waals surface area (Å²) in [4.78, 5) is 11.2. The predicted octanol–water partition coefficient (Wildman–Crippen LogP) is 4.36. The van der Waals surface area contributed by atoms with E-state index in [4.69, 9.17) is 16.1 Å². The molecule has 1 heterocycles. The Kier molecular flexibility index (Phi) is 3.46. The van der Waals surface area contributed by atoms with Gasteiger partial charge in [-0.2, -0.15) is 0 Å². The topological polar surface area (TPSA) is 63.3 Å². The zero-order valence-electron chi connectivity index (χ0n) is 10.8. The molecule has 0 aliphatic carbocycles. The summed E-state index contributed by atoms with van der Waals surface area (Å²) in [5.74, 6) is -0.590. The Morgan fingerprint density at radius 1 is 1.10 bits per heavy atom. The molecule has 3 rings (SSSR count). The molecule has 0 fully saturated rings. The second-order valence-electron chi connectivity index (χ2n) is 4.43. The number of hydrogen-bond donors (Lipinski definition) is 1. The fraction of sp³-hybridized carbons (Fsp3) is 0. The van der Waals surface area contributed by atoms with Gasteiger partial charge in [-0.1, -0.05) is 47.1 Å². The van der Waals surface area contributed by atoms with E-state index in [0.29, 0.717) is 22.0 Å². The SMILES string of the molecule is O=C(O)c1ccccc1-c1cc(-c2ccc(Cl)cc2)no1. The number of rotatable bonds is 3. The molecule has 4 nitrogen and oxygen atoms in total. The van der Waals surface area contributed by atoms with Crippen molar-refractivity contribution in [3.05, 3.63) is 65.2 Å². The zero-order chi connectivity index (χ0) is 14.8. The highest BCUT2D eigenvalue weighted by Crippen LogP contribution is 2.28. The van der Waals surface area contributed by atoms with Gasteiger partial charge < -0.3 is 9.63 Å². The van der Waals surface area contributed by atoms with E-state index in [1.54, 1.807) is 36.4 Å². The number of aromatic nitrogens is 1. The molecular formula is C16H10ClNO3. The summed E-state index contributed by atoms with van der Waals surface area (Å²) in [7, 11) is 0. The summed E-state index contributed by atoms with van der Waals surface area (Å²) in [5.41, 5.74) is 2.15. The van der Waals surface area contributed by atoms with Crippen LogP contribution in [-0.2, 0) is 0 Å². The Morgan fingerprint density at radius 2 is 1.81 bits per heavy atom. The third-order valence-electron chi connectivity index (χ3n) is 3.07. The Bertz CT molecular complexity index is 793. The Morgan fingerprint density at radius 3 is 2.52 bits per heavy atom. The van der Waals surface area contributed by atoms with Crippen LogP contribution in [0.4, 0.5) is 0 Å². The molecule has 0 saturated carbocycles. The van der Waals surface area contributed by atoms with Crippen molar-refractivity contribution in [1.82, 2.24) is 5.16 Å². The highest BCUT2D eigenvalue weighted by Gasteiger charge is 2.15. The molecule has 0 saturated heterocycles. The van der Waals surface area contributed by atoms with Crippen molar-refractivity contribution in [3.8, 4) is 22.6 Å². The first-order valence-corrected chi connectivity index (χ1v) is 6.58. The van der Waals surface area contributed by atoms with Gasteiger partial charge in [-0.25, -0.2) is 4.79 Å². The quantitative estimate of drug-likeness (QED) is 0.780. The lowest BCUT2D eigenvalue weighted by atomic mass is 10.0. The number of nitrogens with zero attached hydrogens (tertiary/aromatic N) is 1. The predicted molar refractivity (Wildman–Crippen MR) is 79.3 cm³/mol. The van der Waals surface area contributed by atoms with Crippen molar-refractivity contribution in [2.24, 2.45) is 0 Å². The molecule has 5 heteroatoms. The van der Waals surface area contributed by atoms with Gasteiger partial charge in [-0.15, -0.1) is 0 Å². The van der Waals surface area contributed by atoms with Crippen molar-refractivity contribution in [2.45, 2.75) is 0 Å². The smallest absolute Gasteiger partial charge is 0.336 e. The van der Waals surface area contributed by atoms with Crippen molar-refractivity contribution in [1.29, 1.82) is 0 Å². The number of carboxylic acids is 1. The molecular weight excluding hydrogens is 290 g/mol. The molecule has 104 valence electrons. The number of benzene rings is 2. The Hall–Kier alpha value is -2.59. The van der Waals surface area contributed by atoms with E-state index in [-0.39, 0.29) is 5.56 Å². The van der Waals surface area contributed by atoms with E-state index in [1.807, 2.05) is 12.1 Å². The lowest BCUT2D eigenvalue weighted by molar-refractivity contribution is 0.0697. The minimum Gasteiger partial charge on any atom is -0.478 e. The summed E-state index contributed by atoms with van der Waals surface area (Å²) in [6, 6.07) is 15.5. The van der Waals surface area contributed by atoms with Crippen molar-refractivity contribution in [3.63, 3.8) is 0 Å². The van der Waals surface area contributed by atoms with E-state index in [1.165, 1.54) is 6.07 Å². The van der Waals surface area contributed by atoms with Crippen LogP contribution in [0.1, 0.15) is 10.4 Å². The third kappa shape index (κ3) is 2.66. The molecule has 0 spiro atoms. The van der Waals surface area contributed by atoms with Crippen LogP contribution in [0.3, 0.4) is 0 Å². The van der Waals surface area contributed by atoms with Crippen molar-refractivity contribution in [2.75, 3.05) is 0 Å². The second kappa shape index (κ2) is 5.42. The van der Waals surface area contributed by atoms with Gasteiger partial charge >= 0.3 is 5.97 Å². The lowest BCUT2D eigenvalue weighted by Crippen LogP contribution is -1.98. The number of carbonyl (C=O) groups is 1.